The van der Waals surface area contributed by atoms with Crippen molar-refractivity contribution >= 4 is 11.8 Å². The van der Waals surface area contributed by atoms with Gasteiger partial charge in [0.25, 0.3) is 0 Å². The Bertz CT molecular complexity index is 605. The number of hydrogen-bond acceptors (Lipinski definition) is 4. The van der Waals surface area contributed by atoms with E-state index in [4.69, 9.17) is 0 Å². The van der Waals surface area contributed by atoms with Gasteiger partial charge in [0.1, 0.15) is 0 Å². The molecule has 1 atom stereocenters. The van der Waals surface area contributed by atoms with Gasteiger partial charge in [-0.25, -0.2) is 0 Å². The van der Waals surface area contributed by atoms with E-state index in [9.17, 15) is 14.7 Å². The number of rotatable bonds is 8. The summed E-state index contributed by atoms with van der Waals surface area (Å²) in [6.07, 6.45) is 2.77. The zero-order valence-electron chi connectivity index (χ0n) is 15.5. The summed E-state index contributed by atoms with van der Waals surface area (Å²) < 4.78 is 0. The first-order valence-corrected chi connectivity index (χ1v) is 9.11. The van der Waals surface area contributed by atoms with Gasteiger partial charge >= 0.3 is 0 Å². The average Bonchev–Trinajstić information content (AvgIpc) is 2.84. The Morgan fingerprint density at radius 3 is 2.50 bits per heavy atom. The lowest BCUT2D eigenvalue weighted by atomic mass is 10.0. The molecule has 2 N–H and O–H groups in total. The molecule has 0 aliphatic carbocycles. The van der Waals surface area contributed by atoms with Crippen LogP contribution in [0.25, 0.3) is 0 Å². The van der Waals surface area contributed by atoms with Crippen LogP contribution < -0.4 is 5.32 Å². The van der Waals surface area contributed by atoms with Crippen molar-refractivity contribution < 1.29 is 14.7 Å². The van der Waals surface area contributed by atoms with Gasteiger partial charge in [-0.2, -0.15) is 0 Å². The maximum Gasteiger partial charge on any atom is 0.243 e. The summed E-state index contributed by atoms with van der Waals surface area (Å²) in [4.78, 5) is 26.9. The second-order valence-corrected chi connectivity index (χ2v) is 6.74. The van der Waals surface area contributed by atoms with Crippen LogP contribution in [0.1, 0.15) is 17.5 Å². The van der Waals surface area contributed by atoms with Crippen molar-refractivity contribution in [2.75, 3.05) is 39.8 Å². The van der Waals surface area contributed by atoms with Gasteiger partial charge in [0.15, 0.2) is 0 Å². The van der Waals surface area contributed by atoms with Crippen LogP contribution in [0.5, 0.6) is 0 Å². The van der Waals surface area contributed by atoms with Crippen LogP contribution >= 0.6 is 0 Å². The van der Waals surface area contributed by atoms with Gasteiger partial charge in [-0.1, -0.05) is 30.8 Å². The van der Waals surface area contributed by atoms with E-state index >= 15 is 0 Å². The lowest BCUT2D eigenvalue weighted by Crippen LogP contribution is -2.42. The Kier molecular flexibility index (Phi) is 7.81. The van der Waals surface area contributed by atoms with Crippen LogP contribution in [0.2, 0.25) is 0 Å². The molecule has 1 heterocycles. The Morgan fingerprint density at radius 1 is 1.31 bits per heavy atom. The second-order valence-electron chi connectivity index (χ2n) is 6.74. The van der Waals surface area contributed by atoms with E-state index in [2.05, 4.69) is 41.1 Å². The Morgan fingerprint density at radius 2 is 1.92 bits per heavy atom. The lowest BCUT2D eigenvalue weighted by Gasteiger charge is -2.26. The number of likely N-dealkylation sites (N-methyl/N-ethyl adjacent to an activating group) is 1. The smallest absolute Gasteiger partial charge is 0.243 e. The van der Waals surface area contributed by atoms with E-state index < -0.39 is 6.10 Å². The van der Waals surface area contributed by atoms with Gasteiger partial charge in [0.2, 0.25) is 11.8 Å². The Hall–Kier alpha value is -2.18. The molecule has 0 aromatic heterocycles. The maximum absolute atomic E-state index is 12.1. The topological polar surface area (TPSA) is 72.9 Å². The number of amides is 2. The summed E-state index contributed by atoms with van der Waals surface area (Å²) in [5.74, 6) is -0.390. The number of benzene rings is 1. The molecule has 1 aromatic rings. The number of aliphatic hydroxyl groups is 1. The number of β-amino-alcohol motifs (C(OH)–C–C–N with tert-alkyl or cyclic N) is 1. The van der Waals surface area contributed by atoms with Gasteiger partial charge in [-0.15, -0.1) is 0 Å². The van der Waals surface area contributed by atoms with Crippen LogP contribution in [0.3, 0.4) is 0 Å². The molecule has 0 fully saturated rings. The minimum Gasteiger partial charge on any atom is -0.390 e. The van der Waals surface area contributed by atoms with Gasteiger partial charge in [0.05, 0.1) is 6.10 Å². The number of aliphatic hydroxyl groups excluding tert-OH is 1. The molecule has 2 rings (SSSR count). The molecule has 1 aliphatic rings. The molecule has 1 unspecified atom stereocenters. The van der Waals surface area contributed by atoms with Crippen molar-refractivity contribution in [3.05, 3.63) is 48.0 Å². The molecule has 6 nitrogen and oxygen atoms in total. The third-order valence-electron chi connectivity index (χ3n) is 4.72. The Balaban J connectivity index is 1.72. The monoisotopic (exact) mass is 359 g/mol. The molecule has 2 amide bonds. The fraction of sp³-hybridized carbons (Fsp3) is 0.500. The van der Waals surface area contributed by atoms with Gasteiger partial charge in [0, 0.05) is 46.2 Å². The van der Waals surface area contributed by atoms with Crippen LogP contribution in [-0.2, 0) is 22.4 Å². The van der Waals surface area contributed by atoms with E-state index in [0.29, 0.717) is 6.54 Å². The van der Waals surface area contributed by atoms with Crippen LogP contribution in [0, 0.1) is 0 Å². The average molecular weight is 359 g/mol. The standard InChI is InChI=1S/C20H29N3O3/c1-3-19(25)21-11-8-20(26)22(2)14-18(24)15-23-12-9-16-6-4-5-7-17(16)10-13-23/h3-7,18,24H,1,8-15H2,2H3,(H,21,25). The normalized spacial score (nSPS) is 15.5. The predicted molar refractivity (Wildman–Crippen MR) is 102 cm³/mol. The quantitative estimate of drug-likeness (QED) is 0.667. The van der Waals surface area contributed by atoms with Gasteiger partial charge < -0.3 is 20.2 Å². The summed E-state index contributed by atoms with van der Waals surface area (Å²) in [7, 11) is 1.68. The fourth-order valence-electron chi connectivity index (χ4n) is 3.23. The van der Waals surface area contributed by atoms with Crippen molar-refractivity contribution in [1.29, 1.82) is 0 Å². The summed E-state index contributed by atoms with van der Waals surface area (Å²) in [5, 5.41) is 12.9. The van der Waals surface area contributed by atoms with E-state index in [0.717, 1.165) is 25.9 Å². The highest BCUT2D eigenvalue weighted by Crippen LogP contribution is 2.15. The molecule has 0 radical (unpaired) electrons. The number of nitrogens with one attached hydrogen (secondary N) is 1. The molecular weight excluding hydrogens is 330 g/mol. The SMILES string of the molecule is C=CC(=O)NCCC(=O)N(C)CC(O)CN1CCc2ccccc2CC1. The van der Waals surface area contributed by atoms with Gasteiger partial charge in [-0.3, -0.25) is 9.59 Å². The molecular formula is C20H29N3O3. The predicted octanol–water partition coefficient (Wildman–Crippen LogP) is 0.599. The van der Waals surface area contributed by atoms with Crippen molar-refractivity contribution in [2.45, 2.75) is 25.4 Å². The summed E-state index contributed by atoms with van der Waals surface area (Å²) in [6.45, 7) is 6.31. The highest BCUT2D eigenvalue weighted by molar-refractivity contribution is 5.87. The number of hydrogen-bond donors (Lipinski definition) is 2. The molecule has 26 heavy (non-hydrogen) atoms. The van der Waals surface area contributed by atoms with Crippen LogP contribution in [-0.4, -0.2) is 72.6 Å². The molecule has 0 saturated carbocycles. The van der Waals surface area contributed by atoms with Crippen LogP contribution in [0.15, 0.2) is 36.9 Å². The van der Waals surface area contributed by atoms with E-state index in [1.54, 1.807) is 7.05 Å². The van der Waals surface area contributed by atoms with E-state index in [1.165, 1.54) is 22.1 Å². The molecule has 0 saturated heterocycles. The van der Waals surface area contributed by atoms with Gasteiger partial charge in [-0.05, 0) is 30.0 Å². The van der Waals surface area contributed by atoms with E-state index in [-0.39, 0.29) is 31.3 Å². The first kappa shape index (κ1) is 20.1. The van der Waals surface area contributed by atoms with Crippen molar-refractivity contribution in [2.24, 2.45) is 0 Å². The maximum atomic E-state index is 12.1. The van der Waals surface area contributed by atoms with Crippen molar-refractivity contribution in [3.8, 4) is 0 Å². The third kappa shape index (κ3) is 6.28. The number of nitrogens with zero attached hydrogens (tertiary/aromatic N) is 2. The van der Waals surface area contributed by atoms with Crippen molar-refractivity contribution in [1.82, 2.24) is 15.1 Å². The molecule has 1 aromatic carbocycles. The first-order valence-electron chi connectivity index (χ1n) is 9.11. The molecule has 6 heteroatoms. The summed E-state index contributed by atoms with van der Waals surface area (Å²) in [5.41, 5.74) is 2.77. The van der Waals surface area contributed by atoms with Crippen LogP contribution in [0.4, 0.5) is 0 Å². The minimum absolute atomic E-state index is 0.100. The number of carbonyl (C=O) groups excluding carboxylic acids is 2. The highest BCUT2D eigenvalue weighted by Gasteiger charge is 2.19. The summed E-state index contributed by atoms with van der Waals surface area (Å²) in [6, 6.07) is 8.49. The molecule has 1 aliphatic heterocycles. The molecule has 142 valence electrons. The minimum atomic E-state index is -0.590. The van der Waals surface area contributed by atoms with E-state index in [1.807, 2.05) is 0 Å². The first-order chi connectivity index (χ1) is 12.5. The zero-order valence-corrected chi connectivity index (χ0v) is 15.5. The number of fused-ring (bicyclic) bond motifs is 1. The summed E-state index contributed by atoms with van der Waals surface area (Å²) >= 11 is 0. The third-order valence-corrected chi connectivity index (χ3v) is 4.72. The zero-order chi connectivity index (χ0) is 18.9. The molecule has 0 spiro atoms. The lowest BCUT2D eigenvalue weighted by molar-refractivity contribution is -0.131. The fourth-order valence-corrected chi connectivity index (χ4v) is 3.23. The largest absolute Gasteiger partial charge is 0.390 e. The second kappa shape index (κ2) is 10.1. The van der Waals surface area contributed by atoms with Crippen molar-refractivity contribution in [3.63, 3.8) is 0 Å². The molecule has 0 bridgehead atoms. The number of carbonyl (C=O) groups is 2. The highest BCUT2D eigenvalue weighted by atomic mass is 16.3. The Labute approximate surface area is 155 Å².